The van der Waals surface area contributed by atoms with Crippen LogP contribution in [0.3, 0.4) is 0 Å². The van der Waals surface area contributed by atoms with Gasteiger partial charge in [-0.25, -0.2) is 9.98 Å². The highest BCUT2D eigenvalue weighted by Crippen LogP contribution is 2.27. The van der Waals surface area contributed by atoms with E-state index < -0.39 is 0 Å². The van der Waals surface area contributed by atoms with E-state index in [4.69, 9.17) is 4.99 Å². The summed E-state index contributed by atoms with van der Waals surface area (Å²) in [7, 11) is 0. The van der Waals surface area contributed by atoms with E-state index in [1.165, 1.54) is 0 Å². The van der Waals surface area contributed by atoms with Gasteiger partial charge in [-0.3, -0.25) is 4.79 Å². The number of guanidine groups is 1. The van der Waals surface area contributed by atoms with Crippen molar-refractivity contribution >= 4 is 41.5 Å². The Labute approximate surface area is 208 Å². The highest BCUT2D eigenvalue weighted by molar-refractivity contribution is 14.0. The number of nitrogens with zero attached hydrogens (tertiary/aromatic N) is 5. The Balaban J connectivity index is 0.00000289. The number of carbonyl (C=O) groups is 1. The van der Waals surface area contributed by atoms with Crippen LogP contribution in [0.25, 0.3) is 0 Å². The summed E-state index contributed by atoms with van der Waals surface area (Å²) in [6.45, 7) is 8.66. The molecule has 1 amide bonds. The molecule has 2 atom stereocenters. The van der Waals surface area contributed by atoms with E-state index in [1.807, 2.05) is 17.4 Å². The van der Waals surface area contributed by atoms with E-state index >= 15 is 0 Å². The van der Waals surface area contributed by atoms with Crippen molar-refractivity contribution in [3.05, 3.63) is 48.5 Å². The van der Waals surface area contributed by atoms with Gasteiger partial charge in [0.25, 0.3) is 0 Å². The molecule has 0 bridgehead atoms. The molecule has 2 aliphatic heterocycles. The Morgan fingerprint density at radius 2 is 2.03 bits per heavy atom. The number of benzene rings is 1. The molecule has 2 saturated heterocycles. The number of anilines is 1. The quantitative estimate of drug-likeness (QED) is 0.347. The smallest absolute Gasteiger partial charge is 0.226 e. The Kier molecular flexibility index (Phi) is 8.95. The fourth-order valence-electron chi connectivity index (χ4n) is 4.55. The normalized spacial score (nSPS) is 21.9. The predicted octanol–water partition coefficient (Wildman–Crippen LogP) is 4.07. The number of carbonyl (C=O) groups excluding carboxylic acids is 1. The molecule has 32 heavy (non-hydrogen) atoms. The molecule has 2 aromatic rings. The summed E-state index contributed by atoms with van der Waals surface area (Å²) in [5.74, 6) is 1.81. The van der Waals surface area contributed by atoms with Crippen LogP contribution in [-0.2, 0) is 11.3 Å². The van der Waals surface area contributed by atoms with Crippen LogP contribution in [0.2, 0.25) is 0 Å². The summed E-state index contributed by atoms with van der Waals surface area (Å²) < 4.78 is 2.22. The monoisotopic (exact) mass is 550 g/mol. The molecule has 1 aromatic carbocycles. The molecular formula is C24H35IN6O. The maximum Gasteiger partial charge on any atom is 0.226 e. The number of imidazole rings is 1. The largest absolute Gasteiger partial charge is 0.357 e. The molecule has 1 aromatic heterocycles. The Bertz CT molecular complexity index is 882. The van der Waals surface area contributed by atoms with Gasteiger partial charge < -0.3 is 19.7 Å². The van der Waals surface area contributed by atoms with Gasteiger partial charge >= 0.3 is 0 Å². The Hall–Kier alpha value is -2.10. The molecule has 0 spiro atoms. The fourth-order valence-corrected chi connectivity index (χ4v) is 4.55. The van der Waals surface area contributed by atoms with Gasteiger partial charge in [0, 0.05) is 50.7 Å². The van der Waals surface area contributed by atoms with Crippen LogP contribution in [0.15, 0.2) is 48.0 Å². The zero-order valence-corrected chi connectivity index (χ0v) is 21.4. The molecule has 1 N–H and O–H groups in total. The maximum atomic E-state index is 12.2. The lowest BCUT2D eigenvalue weighted by Gasteiger charge is -2.39. The lowest BCUT2D eigenvalue weighted by molar-refractivity contribution is -0.119. The SMILES string of the molecule is CCNC(=NCc1ccc(N2CCCCC2=O)cc1)N1CCC(C)C(n2ccnc2)C1.I. The van der Waals surface area contributed by atoms with Crippen LogP contribution in [0.4, 0.5) is 5.69 Å². The number of aromatic nitrogens is 2. The Morgan fingerprint density at radius 3 is 2.72 bits per heavy atom. The number of hydrogen-bond donors (Lipinski definition) is 1. The van der Waals surface area contributed by atoms with Gasteiger partial charge in [0.15, 0.2) is 5.96 Å². The Morgan fingerprint density at radius 1 is 1.22 bits per heavy atom. The molecule has 8 heteroatoms. The lowest BCUT2D eigenvalue weighted by atomic mass is 9.93. The second-order valence-corrected chi connectivity index (χ2v) is 8.63. The van der Waals surface area contributed by atoms with Crippen LogP contribution >= 0.6 is 24.0 Å². The highest BCUT2D eigenvalue weighted by atomic mass is 127. The molecule has 2 unspecified atom stereocenters. The first-order valence-electron chi connectivity index (χ1n) is 11.6. The van der Waals surface area contributed by atoms with E-state index in [0.29, 0.717) is 24.9 Å². The van der Waals surface area contributed by atoms with Crippen molar-refractivity contribution in [3.63, 3.8) is 0 Å². The number of halogens is 1. The molecule has 3 heterocycles. The average molecular weight is 550 g/mol. The first-order chi connectivity index (χ1) is 15.2. The minimum absolute atomic E-state index is 0. The molecule has 2 fully saturated rings. The molecule has 4 rings (SSSR count). The van der Waals surface area contributed by atoms with Gasteiger partial charge in [0.1, 0.15) is 0 Å². The highest BCUT2D eigenvalue weighted by Gasteiger charge is 2.29. The van der Waals surface area contributed by atoms with Gasteiger partial charge in [0.05, 0.1) is 18.9 Å². The first kappa shape index (κ1) is 24.5. The minimum Gasteiger partial charge on any atom is -0.357 e. The zero-order valence-electron chi connectivity index (χ0n) is 19.1. The molecule has 7 nitrogen and oxygen atoms in total. The van der Waals surface area contributed by atoms with Crippen molar-refractivity contribution in [2.45, 2.75) is 52.1 Å². The standard InChI is InChI=1S/C24H34N6O.HI/c1-3-26-24(28-14-11-19(2)22(17-28)29-15-12-25-18-29)27-16-20-7-9-21(10-8-20)30-13-5-4-6-23(30)31;/h7-10,12,15,18-19,22H,3-6,11,13-14,16-17H2,1-2H3,(H,26,27);1H. The number of amides is 1. The molecule has 174 valence electrons. The topological polar surface area (TPSA) is 65.8 Å². The molecule has 0 radical (unpaired) electrons. The summed E-state index contributed by atoms with van der Waals surface area (Å²) in [4.78, 5) is 25.6. The minimum atomic E-state index is 0. The van der Waals surface area contributed by atoms with Gasteiger partial charge in [-0.15, -0.1) is 24.0 Å². The molecular weight excluding hydrogens is 515 g/mol. The van der Waals surface area contributed by atoms with Crippen LogP contribution in [0.1, 0.15) is 51.1 Å². The van der Waals surface area contributed by atoms with Gasteiger partial charge in [-0.2, -0.15) is 0 Å². The van der Waals surface area contributed by atoms with Crippen molar-refractivity contribution < 1.29 is 4.79 Å². The van der Waals surface area contributed by atoms with Crippen LogP contribution in [-0.4, -0.2) is 52.5 Å². The fraction of sp³-hybridized carbons (Fsp3) is 0.542. The number of hydrogen-bond acceptors (Lipinski definition) is 3. The van der Waals surface area contributed by atoms with Crippen LogP contribution in [0, 0.1) is 5.92 Å². The van der Waals surface area contributed by atoms with E-state index in [2.05, 4.69) is 64.1 Å². The van der Waals surface area contributed by atoms with E-state index in [9.17, 15) is 4.79 Å². The summed E-state index contributed by atoms with van der Waals surface area (Å²) in [5, 5.41) is 3.47. The summed E-state index contributed by atoms with van der Waals surface area (Å²) in [6, 6.07) is 8.70. The van der Waals surface area contributed by atoms with Gasteiger partial charge in [-0.05, 0) is 49.8 Å². The van der Waals surface area contributed by atoms with E-state index in [1.54, 1.807) is 0 Å². The molecule has 2 aliphatic rings. The van der Waals surface area contributed by atoms with Gasteiger partial charge in [-0.1, -0.05) is 19.1 Å². The number of nitrogens with one attached hydrogen (secondary N) is 1. The zero-order chi connectivity index (χ0) is 21.6. The second kappa shape index (κ2) is 11.7. The lowest BCUT2D eigenvalue weighted by Crippen LogP contribution is -2.49. The third-order valence-electron chi connectivity index (χ3n) is 6.44. The van der Waals surface area contributed by atoms with E-state index in [0.717, 1.165) is 62.7 Å². The average Bonchev–Trinajstić information content (AvgIpc) is 3.33. The second-order valence-electron chi connectivity index (χ2n) is 8.63. The molecule has 0 saturated carbocycles. The van der Waals surface area contributed by atoms with Crippen LogP contribution in [0.5, 0.6) is 0 Å². The van der Waals surface area contributed by atoms with Crippen molar-refractivity contribution in [2.24, 2.45) is 10.9 Å². The van der Waals surface area contributed by atoms with E-state index in [-0.39, 0.29) is 29.9 Å². The summed E-state index contributed by atoms with van der Waals surface area (Å²) in [6.07, 6.45) is 9.71. The van der Waals surface area contributed by atoms with Crippen molar-refractivity contribution in [1.82, 2.24) is 19.8 Å². The first-order valence-corrected chi connectivity index (χ1v) is 11.6. The summed E-state index contributed by atoms with van der Waals surface area (Å²) >= 11 is 0. The van der Waals surface area contributed by atoms with Gasteiger partial charge in [0.2, 0.25) is 5.91 Å². The van der Waals surface area contributed by atoms with Crippen molar-refractivity contribution in [1.29, 1.82) is 0 Å². The van der Waals surface area contributed by atoms with Crippen LogP contribution < -0.4 is 10.2 Å². The third kappa shape index (κ3) is 5.82. The number of aliphatic imine (C=N–C) groups is 1. The third-order valence-corrected chi connectivity index (χ3v) is 6.44. The predicted molar refractivity (Wildman–Crippen MR) is 139 cm³/mol. The molecule has 0 aliphatic carbocycles. The number of piperidine rings is 2. The number of likely N-dealkylation sites (tertiary alicyclic amines) is 1. The summed E-state index contributed by atoms with van der Waals surface area (Å²) in [5.41, 5.74) is 2.15. The maximum absolute atomic E-state index is 12.2. The number of rotatable bonds is 5. The van der Waals surface area contributed by atoms with Crippen molar-refractivity contribution in [3.8, 4) is 0 Å². The van der Waals surface area contributed by atoms with Crippen molar-refractivity contribution in [2.75, 3.05) is 31.1 Å².